The maximum atomic E-state index is 8.15. The highest BCUT2D eigenvalue weighted by Crippen LogP contribution is 1.96. The fourth-order valence-electron chi connectivity index (χ4n) is 0.489. The Bertz CT molecular complexity index is 212. The Morgan fingerprint density at radius 3 is 3.30 bits per heavy atom. The zero-order valence-corrected chi connectivity index (χ0v) is 5.24. The van der Waals surface area contributed by atoms with Gasteiger partial charge < -0.3 is 5.32 Å². The van der Waals surface area contributed by atoms with Crippen molar-refractivity contribution in [3.05, 3.63) is 6.20 Å². The van der Waals surface area contributed by atoms with Crippen molar-refractivity contribution in [3.63, 3.8) is 0 Å². The molecule has 0 aromatic carbocycles. The lowest BCUT2D eigenvalue weighted by molar-refractivity contribution is 0.308. The number of nitriles is 1. The quantitative estimate of drug-likeness (QED) is 0.611. The lowest BCUT2D eigenvalue weighted by Crippen LogP contribution is -1.99. The second kappa shape index (κ2) is 3.45. The molecule has 1 heterocycles. The van der Waals surface area contributed by atoms with Gasteiger partial charge in [0.2, 0.25) is 0 Å². The van der Waals surface area contributed by atoms with Gasteiger partial charge in [0.15, 0.2) is 5.82 Å². The molecule has 52 valence electrons. The summed E-state index contributed by atoms with van der Waals surface area (Å²) < 4.78 is 4.30. The minimum Gasteiger partial charge on any atom is -0.365 e. The molecular weight excluding hydrogens is 132 g/mol. The number of nitrogens with zero attached hydrogens (tertiary/aromatic N) is 3. The van der Waals surface area contributed by atoms with Crippen molar-refractivity contribution in [3.8, 4) is 6.07 Å². The molecule has 0 aliphatic carbocycles. The molecule has 0 atom stereocenters. The highest BCUT2D eigenvalue weighted by Gasteiger charge is 1.92. The molecule has 0 bridgehead atoms. The van der Waals surface area contributed by atoms with Crippen molar-refractivity contribution in [1.29, 1.82) is 5.26 Å². The zero-order valence-electron chi connectivity index (χ0n) is 5.24. The van der Waals surface area contributed by atoms with E-state index in [1.54, 1.807) is 0 Å². The number of hydrogen-bond donors (Lipinski definition) is 1. The molecule has 0 aliphatic heterocycles. The Morgan fingerprint density at radius 1 is 1.80 bits per heavy atom. The number of rotatable bonds is 3. The number of aromatic nitrogens is 2. The first-order chi connectivity index (χ1) is 4.93. The van der Waals surface area contributed by atoms with Crippen LogP contribution in [0.25, 0.3) is 0 Å². The Labute approximate surface area is 57.6 Å². The SMILES string of the molecule is N#CCCNc1cnon1. The molecule has 0 saturated heterocycles. The predicted octanol–water partition coefficient (Wildman–Crippen LogP) is 0.395. The molecule has 0 fully saturated rings. The normalized spacial score (nSPS) is 8.70. The monoisotopic (exact) mass is 138 g/mol. The van der Waals surface area contributed by atoms with Crippen LogP contribution in [0.1, 0.15) is 6.42 Å². The van der Waals surface area contributed by atoms with Gasteiger partial charge in [0, 0.05) is 6.54 Å². The van der Waals surface area contributed by atoms with E-state index in [2.05, 4.69) is 20.3 Å². The second-order valence-electron chi connectivity index (χ2n) is 1.63. The van der Waals surface area contributed by atoms with Gasteiger partial charge >= 0.3 is 0 Å². The second-order valence-corrected chi connectivity index (χ2v) is 1.63. The summed E-state index contributed by atoms with van der Waals surface area (Å²) in [6, 6.07) is 1.99. The van der Waals surface area contributed by atoms with Gasteiger partial charge in [-0.3, -0.25) is 0 Å². The molecule has 5 heteroatoms. The Balaban J connectivity index is 2.23. The first kappa shape index (κ1) is 6.55. The first-order valence-electron chi connectivity index (χ1n) is 2.82. The molecule has 0 unspecified atom stereocenters. The van der Waals surface area contributed by atoms with E-state index in [1.165, 1.54) is 6.20 Å². The van der Waals surface area contributed by atoms with Crippen LogP contribution in [0.3, 0.4) is 0 Å². The summed E-state index contributed by atoms with van der Waals surface area (Å²) in [5.74, 6) is 0.565. The summed E-state index contributed by atoms with van der Waals surface area (Å²) in [5, 5.41) is 17.8. The highest BCUT2D eigenvalue weighted by molar-refractivity contribution is 5.27. The van der Waals surface area contributed by atoms with E-state index in [9.17, 15) is 0 Å². The van der Waals surface area contributed by atoms with Crippen LogP contribution in [-0.4, -0.2) is 16.9 Å². The van der Waals surface area contributed by atoms with Crippen LogP contribution in [0.4, 0.5) is 5.82 Å². The van der Waals surface area contributed by atoms with E-state index in [4.69, 9.17) is 5.26 Å². The van der Waals surface area contributed by atoms with Gasteiger partial charge in [-0.25, -0.2) is 4.63 Å². The fraction of sp³-hybridized carbons (Fsp3) is 0.400. The van der Waals surface area contributed by atoms with E-state index >= 15 is 0 Å². The van der Waals surface area contributed by atoms with Crippen LogP contribution in [0.5, 0.6) is 0 Å². The lowest BCUT2D eigenvalue weighted by atomic mass is 10.5. The maximum Gasteiger partial charge on any atom is 0.190 e. The van der Waals surface area contributed by atoms with Crippen molar-refractivity contribution in [2.45, 2.75) is 6.42 Å². The van der Waals surface area contributed by atoms with Crippen molar-refractivity contribution >= 4 is 5.82 Å². The smallest absolute Gasteiger partial charge is 0.190 e. The van der Waals surface area contributed by atoms with Crippen molar-refractivity contribution in [1.82, 2.24) is 10.3 Å². The topological polar surface area (TPSA) is 74.7 Å². The van der Waals surface area contributed by atoms with Crippen molar-refractivity contribution in [2.75, 3.05) is 11.9 Å². The number of anilines is 1. The molecule has 0 spiro atoms. The molecule has 1 rings (SSSR count). The molecule has 1 N–H and O–H groups in total. The third-order valence-electron chi connectivity index (χ3n) is 0.904. The average Bonchev–Trinajstić information content (AvgIpc) is 2.41. The minimum atomic E-state index is 0.451. The van der Waals surface area contributed by atoms with Gasteiger partial charge in [0.1, 0.15) is 6.20 Å². The number of nitrogens with one attached hydrogen (secondary N) is 1. The highest BCUT2D eigenvalue weighted by atomic mass is 16.6. The first-order valence-corrected chi connectivity index (χ1v) is 2.82. The third-order valence-corrected chi connectivity index (χ3v) is 0.904. The molecule has 0 radical (unpaired) electrons. The minimum absolute atomic E-state index is 0.451. The van der Waals surface area contributed by atoms with E-state index in [0.29, 0.717) is 18.8 Å². The summed E-state index contributed by atoms with van der Waals surface area (Å²) in [7, 11) is 0. The standard InChI is InChI=1S/C5H6N4O/c6-2-1-3-7-5-4-8-10-9-5/h4H,1,3H2,(H,7,9). The lowest BCUT2D eigenvalue weighted by Gasteiger charge is -1.92. The van der Waals surface area contributed by atoms with Crippen LogP contribution in [0.15, 0.2) is 10.8 Å². The summed E-state index contributed by atoms with van der Waals surface area (Å²) in [5.41, 5.74) is 0. The molecule has 0 saturated carbocycles. The van der Waals surface area contributed by atoms with Crippen LogP contribution < -0.4 is 5.32 Å². The van der Waals surface area contributed by atoms with Gasteiger partial charge in [-0.15, -0.1) is 0 Å². The Hall–Kier alpha value is -1.57. The summed E-state index contributed by atoms with van der Waals surface area (Å²) in [4.78, 5) is 0. The average molecular weight is 138 g/mol. The molecule has 5 nitrogen and oxygen atoms in total. The van der Waals surface area contributed by atoms with Crippen molar-refractivity contribution < 1.29 is 4.63 Å². The molecule has 0 aliphatic rings. The van der Waals surface area contributed by atoms with E-state index in [0.717, 1.165) is 0 Å². The predicted molar refractivity (Wildman–Crippen MR) is 33.0 cm³/mol. The zero-order chi connectivity index (χ0) is 7.23. The number of hydrogen-bond acceptors (Lipinski definition) is 5. The molecule has 1 aromatic heterocycles. The Morgan fingerprint density at radius 2 is 2.70 bits per heavy atom. The molecule has 1 aromatic rings. The van der Waals surface area contributed by atoms with Crippen LogP contribution in [-0.2, 0) is 0 Å². The van der Waals surface area contributed by atoms with Gasteiger partial charge in [0.25, 0.3) is 0 Å². The molecular formula is C5H6N4O. The fourth-order valence-corrected chi connectivity index (χ4v) is 0.489. The van der Waals surface area contributed by atoms with Crippen molar-refractivity contribution in [2.24, 2.45) is 0 Å². The van der Waals surface area contributed by atoms with E-state index in [1.807, 2.05) is 6.07 Å². The molecule has 10 heavy (non-hydrogen) atoms. The van der Waals surface area contributed by atoms with Gasteiger partial charge in [-0.05, 0) is 5.16 Å². The van der Waals surface area contributed by atoms with Gasteiger partial charge in [-0.2, -0.15) is 5.26 Å². The largest absolute Gasteiger partial charge is 0.365 e. The van der Waals surface area contributed by atoms with Crippen LogP contribution in [0, 0.1) is 11.3 Å². The van der Waals surface area contributed by atoms with E-state index in [-0.39, 0.29) is 0 Å². The third kappa shape index (κ3) is 1.74. The molecule has 0 amide bonds. The summed E-state index contributed by atoms with van der Waals surface area (Å²) in [6.45, 7) is 0.574. The van der Waals surface area contributed by atoms with Gasteiger partial charge in [-0.1, -0.05) is 5.16 Å². The van der Waals surface area contributed by atoms with Crippen LogP contribution in [0.2, 0.25) is 0 Å². The Kier molecular flexibility index (Phi) is 2.26. The maximum absolute atomic E-state index is 8.15. The summed E-state index contributed by atoms with van der Waals surface area (Å²) >= 11 is 0. The van der Waals surface area contributed by atoms with Gasteiger partial charge in [0.05, 0.1) is 12.5 Å². The van der Waals surface area contributed by atoms with E-state index < -0.39 is 0 Å². The van der Waals surface area contributed by atoms with Crippen LogP contribution >= 0.6 is 0 Å². The summed E-state index contributed by atoms with van der Waals surface area (Å²) in [6.07, 6.45) is 1.91.